The van der Waals surface area contributed by atoms with Crippen LogP contribution in [-0.2, 0) is 10.0 Å². The summed E-state index contributed by atoms with van der Waals surface area (Å²) in [6.45, 7) is 1.32. The number of esters is 1. The highest BCUT2D eigenvalue weighted by Gasteiger charge is 2.39. The van der Waals surface area contributed by atoms with Gasteiger partial charge in [0.25, 0.3) is 0 Å². The number of nitrogens with one attached hydrogen (secondary N) is 1. The molecule has 4 nitrogen and oxygen atoms in total. The lowest BCUT2D eigenvalue weighted by molar-refractivity contribution is -0.131. The van der Waals surface area contributed by atoms with E-state index in [9.17, 15) is 4.79 Å². The van der Waals surface area contributed by atoms with Crippen molar-refractivity contribution in [3.05, 3.63) is 30.0 Å². The minimum atomic E-state index is -1.59. The van der Waals surface area contributed by atoms with Gasteiger partial charge in [-0.05, 0) is 31.8 Å². The number of aromatic nitrogens is 1. The molecular formula is C14H14B4N2O2. The Morgan fingerprint density at radius 3 is 2.41 bits per heavy atom. The summed E-state index contributed by atoms with van der Waals surface area (Å²) in [7, 11) is 28.1. The van der Waals surface area contributed by atoms with E-state index >= 15 is 0 Å². The van der Waals surface area contributed by atoms with Crippen LogP contribution in [0.4, 0.5) is 0 Å². The highest BCUT2D eigenvalue weighted by atomic mass is 16.5. The summed E-state index contributed by atoms with van der Waals surface area (Å²) in [6, 6.07) is 5.22. The molecule has 0 atom stereocenters. The molecule has 22 heavy (non-hydrogen) atoms. The van der Waals surface area contributed by atoms with E-state index in [0.29, 0.717) is 22.2 Å². The zero-order valence-corrected chi connectivity index (χ0v) is 12.9. The van der Waals surface area contributed by atoms with Gasteiger partial charge in [-0.25, -0.2) is 0 Å². The summed E-state index contributed by atoms with van der Waals surface area (Å²) in [5.41, 5.74) is 1.17. The lowest BCUT2D eigenvalue weighted by Gasteiger charge is -2.49. The predicted molar refractivity (Wildman–Crippen MR) is 90.7 cm³/mol. The van der Waals surface area contributed by atoms with E-state index in [-0.39, 0.29) is 0 Å². The lowest BCUT2D eigenvalue weighted by atomic mass is 9.31. The van der Waals surface area contributed by atoms with Gasteiger partial charge in [-0.1, -0.05) is 16.6 Å². The first kappa shape index (κ1) is 16.8. The standard InChI is InChI=1S/C14H14B4N2O2/c1-8(21)22-11-6-4-5-10-12(11)9(7-19-10)13(15,16)14(17,18)20(2)3/h4-7,19H,1-3H3. The second-order valence-electron chi connectivity index (χ2n) is 5.56. The largest absolute Gasteiger partial charge is 0.426 e. The maximum Gasteiger partial charge on any atom is 0.308 e. The minimum Gasteiger partial charge on any atom is -0.426 e. The second kappa shape index (κ2) is 5.58. The van der Waals surface area contributed by atoms with Gasteiger partial charge in [0.2, 0.25) is 0 Å². The fourth-order valence-corrected chi connectivity index (χ4v) is 2.30. The van der Waals surface area contributed by atoms with Gasteiger partial charge in [-0.2, -0.15) is 0 Å². The van der Waals surface area contributed by atoms with Gasteiger partial charge in [0.15, 0.2) is 0 Å². The van der Waals surface area contributed by atoms with Gasteiger partial charge in [0.1, 0.15) is 5.75 Å². The zero-order chi connectivity index (χ0) is 16.7. The first-order valence-electron chi connectivity index (χ1n) is 6.71. The molecule has 8 radical (unpaired) electrons. The van der Waals surface area contributed by atoms with Crippen molar-refractivity contribution < 1.29 is 9.53 Å². The summed E-state index contributed by atoms with van der Waals surface area (Å²) in [4.78, 5) is 15.9. The number of likely N-dealkylation sites (N-methyl/N-ethyl adjacent to an activating group) is 1. The van der Waals surface area contributed by atoms with Crippen molar-refractivity contribution in [2.45, 2.75) is 17.5 Å². The van der Waals surface area contributed by atoms with Crippen LogP contribution in [0.15, 0.2) is 24.4 Å². The van der Waals surface area contributed by atoms with E-state index in [4.69, 9.17) is 36.1 Å². The van der Waals surface area contributed by atoms with E-state index in [1.54, 1.807) is 32.4 Å². The van der Waals surface area contributed by atoms with Crippen LogP contribution in [0.3, 0.4) is 0 Å². The SMILES string of the molecule is [B]C([B])(c1c[nH]c2cccc(OC(C)=O)c12)C([B])([B])N(C)C. The molecule has 0 aliphatic carbocycles. The topological polar surface area (TPSA) is 45.3 Å². The summed E-state index contributed by atoms with van der Waals surface area (Å²) >= 11 is 0. The molecule has 0 saturated carbocycles. The number of carbonyl (C=O) groups is 1. The van der Waals surface area contributed by atoms with Gasteiger partial charge in [0, 0.05) is 24.0 Å². The van der Waals surface area contributed by atoms with Crippen LogP contribution >= 0.6 is 0 Å². The molecule has 0 spiro atoms. The van der Waals surface area contributed by atoms with Crippen molar-refractivity contribution in [3.63, 3.8) is 0 Å². The number of rotatable bonds is 4. The van der Waals surface area contributed by atoms with Crippen molar-refractivity contribution >= 4 is 48.3 Å². The second-order valence-corrected chi connectivity index (χ2v) is 5.56. The molecule has 1 N–H and O–H groups in total. The highest BCUT2D eigenvalue weighted by Crippen LogP contribution is 2.38. The molecular weight excluding hydrogens is 271 g/mol. The monoisotopic (exact) mass is 286 g/mol. The Hall–Kier alpha value is -1.55. The van der Waals surface area contributed by atoms with E-state index in [1.165, 1.54) is 11.8 Å². The normalized spacial score (nSPS) is 12.7. The number of ether oxygens (including phenoxy) is 1. The molecule has 1 aromatic carbocycles. The molecule has 104 valence electrons. The summed E-state index contributed by atoms with van der Waals surface area (Å²) in [5.74, 6) is -0.102. The van der Waals surface area contributed by atoms with Crippen LogP contribution in [0.2, 0.25) is 0 Å². The Labute approximate surface area is 135 Å². The number of carbonyl (C=O) groups excluding carboxylic acids is 1. The van der Waals surface area contributed by atoms with Crippen molar-refractivity contribution in [1.82, 2.24) is 9.88 Å². The van der Waals surface area contributed by atoms with Crippen LogP contribution in [-0.4, -0.2) is 66.7 Å². The van der Waals surface area contributed by atoms with Gasteiger partial charge < -0.3 is 14.6 Å². The van der Waals surface area contributed by atoms with Gasteiger partial charge >= 0.3 is 5.97 Å². The Balaban J connectivity index is 2.68. The number of nitrogens with zero attached hydrogens (tertiary/aromatic N) is 1. The van der Waals surface area contributed by atoms with Crippen LogP contribution < -0.4 is 4.74 Å². The summed E-state index contributed by atoms with van der Waals surface area (Å²) < 4.78 is 5.23. The molecule has 0 fully saturated rings. The van der Waals surface area contributed by atoms with Crippen LogP contribution in [0.25, 0.3) is 10.9 Å². The van der Waals surface area contributed by atoms with Crippen molar-refractivity contribution in [2.24, 2.45) is 0 Å². The van der Waals surface area contributed by atoms with Crippen molar-refractivity contribution in [1.29, 1.82) is 0 Å². The number of aromatic amines is 1. The highest BCUT2D eigenvalue weighted by molar-refractivity contribution is 6.54. The van der Waals surface area contributed by atoms with E-state index in [0.717, 1.165) is 0 Å². The van der Waals surface area contributed by atoms with E-state index in [2.05, 4.69) is 4.98 Å². The first-order chi connectivity index (χ1) is 10.1. The van der Waals surface area contributed by atoms with Crippen LogP contribution in [0.5, 0.6) is 5.75 Å². The van der Waals surface area contributed by atoms with Crippen LogP contribution in [0.1, 0.15) is 12.5 Å². The van der Waals surface area contributed by atoms with E-state index < -0.39 is 16.5 Å². The molecule has 2 rings (SSSR count). The molecule has 8 heteroatoms. The molecule has 1 heterocycles. The number of fused-ring (bicyclic) bond motifs is 1. The molecule has 0 aliphatic rings. The molecule has 0 unspecified atom stereocenters. The third-order valence-corrected chi connectivity index (χ3v) is 3.77. The maximum absolute atomic E-state index is 11.3. The zero-order valence-electron chi connectivity index (χ0n) is 12.9. The summed E-state index contributed by atoms with van der Waals surface area (Å²) in [5, 5.41) is -2.54. The average molecular weight is 286 g/mol. The predicted octanol–water partition coefficient (Wildman–Crippen LogP) is 0.135. The van der Waals surface area contributed by atoms with Gasteiger partial charge in [-0.3, -0.25) is 4.79 Å². The van der Waals surface area contributed by atoms with E-state index in [1.807, 2.05) is 6.07 Å². The maximum atomic E-state index is 11.3. The number of hydrogen-bond donors (Lipinski definition) is 1. The summed E-state index contributed by atoms with van der Waals surface area (Å²) in [6.07, 6.45) is 1.62. The van der Waals surface area contributed by atoms with Crippen molar-refractivity contribution in [3.8, 4) is 5.75 Å². The molecule has 0 bridgehead atoms. The Kier molecular flexibility index (Phi) is 4.26. The fourth-order valence-electron chi connectivity index (χ4n) is 2.30. The molecule has 1 aromatic heterocycles. The average Bonchev–Trinajstić information content (AvgIpc) is 2.83. The third kappa shape index (κ3) is 2.60. The fraction of sp³-hybridized carbons (Fsp3) is 0.357. The number of H-pyrrole nitrogens is 1. The van der Waals surface area contributed by atoms with Crippen molar-refractivity contribution in [2.75, 3.05) is 14.1 Å². The smallest absolute Gasteiger partial charge is 0.308 e. The number of hydrogen-bond acceptors (Lipinski definition) is 3. The third-order valence-electron chi connectivity index (χ3n) is 3.77. The lowest BCUT2D eigenvalue weighted by Crippen LogP contribution is -2.62. The Bertz CT molecular complexity index is 710. The molecule has 2 aromatic rings. The van der Waals surface area contributed by atoms with Crippen LogP contribution in [0, 0.1) is 0 Å². The molecule has 0 saturated heterocycles. The molecule has 0 amide bonds. The van der Waals surface area contributed by atoms with Gasteiger partial charge in [0.05, 0.1) is 31.4 Å². The van der Waals surface area contributed by atoms with Gasteiger partial charge in [-0.15, -0.1) is 0 Å². The molecule has 0 aliphatic heterocycles. The number of benzene rings is 1. The quantitative estimate of drug-likeness (QED) is 0.494. The first-order valence-corrected chi connectivity index (χ1v) is 6.71. The minimum absolute atomic E-state index is 0.344. The Morgan fingerprint density at radius 2 is 1.86 bits per heavy atom. The Morgan fingerprint density at radius 1 is 1.23 bits per heavy atom.